The zero-order valence-corrected chi connectivity index (χ0v) is 24.0. The highest BCUT2D eigenvalue weighted by Crippen LogP contribution is 2.32. The number of hydrogen-bond donors (Lipinski definition) is 3. The molecular weight excluding hydrogens is 546 g/mol. The molecule has 1 aliphatic heterocycles. The maximum atomic E-state index is 13.5. The first-order valence-electron chi connectivity index (χ1n) is 13.6. The van der Waals surface area contributed by atoms with Crippen molar-refractivity contribution in [2.24, 2.45) is 5.73 Å². The number of amides is 4. The van der Waals surface area contributed by atoms with Gasteiger partial charge in [-0.3, -0.25) is 19.2 Å². The second-order valence-electron chi connectivity index (χ2n) is 9.71. The van der Waals surface area contributed by atoms with Crippen LogP contribution in [0, 0.1) is 0 Å². The zero-order valence-electron chi connectivity index (χ0n) is 24.0. The Morgan fingerprint density at radius 2 is 1.64 bits per heavy atom. The van der Waals surface area contributed by atoms with Gasteiger partial charge in [-0.1, -0.05) is 36.4 Å². The molecular formula is C29H39N5O8. The summed E-state index contributed by atoms with van der Waals surface area (Å²) in [7, 11) is 1.46. The molecule has 1 unspecified atom stereocenters. The zero-order chi connectivity index (χ0) is 30.5. The highest BCUT2D eigenvalue weighted by Gasteiger charge is 2.28. The third kappa shape index (κ3) is 9.43. The van der Waals surface area contributed by atoms with E-state index in [1.54, 1.807) is 6.07 Å². The normalized spacial score (nSPS) is 12.5. The number of fused-ring (bicyclic) bond motifs is 1. The fourth-order valence-corrected chi connectivity index (χ4v) is 4.42. The highest BCUT2D eigenvalue weighted by molar-refractivity contribution is 5.90. The van der Waals surface area contributed by atoms with Crippen molar-refractivity contribution >= 4 is 23.6 Å². The molecule has 13 heteroatoms. The molecule has 4 N–H and O–H groups in total. The van der Waals surface area contributed by atoms with Crippen LogP contribution in [0.2, 0.25) is 0 Å². The molecule has 1 atom stereocenters. The summed E-state index contributed by atoms with van der Waals surface area (Å²) in [6.45, 7) is 0.978. The summed E-state index contributed by atoms with van der Waals surface area (Å²) in [6, 6.07) is 14.3. The van der Waals surface area contributed by atoms with Gasteiger partial charge >= 0.3 is 0 Å². The van der Waals surface area contributed by atoms with Crippen LogP contribution in [0.1, 0.15) is 24.1 Å². The number of carbonyl (C=O) groups excluding carboxylic acids is 4. The summed E-state index contributed by atoms with van der Waals surface area (Å²) in [5.41, 5.74) is 7.01. The van der Waals surface area contributed by atoms with Gasteiger partial charge in [0.05, 0.1) is 38.9 Å². The van der Waals surface area contributed by atoms with Crippen molar-refractivity contribution in [3.63, 3.8) is 0 Å². The monoisotopic (exact) mass is 585 g/mol. The van der Waals surface area contributed by atoms with Gasteiger partial charge in [0.1, 0.15) is 6.54 Å². The summed E-state index contributed by atoms with van der Waals surface area (Å²) in [4.78, 5) is 55.2. The van der Waals surface area contributed by atoms with Crippen molar-refractivity contribution in [2.45, 2.75) is 19.5 Å². The van der Waals surface area contributed by atoms with Crippen LogP contribution in [0.15, 0.2) is 48.5 Å². The van der Waals surface area contributed by atoms with Crippen molar-refractivity contribution in [1.29, 1.82) is 0 Å². The standard InChI is InChI=1S/C29H39N5O8/c1-21(23-6-4-3-5-7-23)34(27(37)16-31-15-22-8-9-24-25(14-22)42-20-41-24)19-29(39)32(10-12-35)18-28(38)33(11-13-40-2)17-26(30)36/h3-9,14,21,31,35H,10-13,15-20H2,1-2H3,(H2,30,36). The van der Waals surface area contributed by atoms with E-state index in [1.165, 1.54) is 21.8 Å². The molecule has 0 spiro atoms. The van der Waals surface area contributed by atoms with Crippen molar-refractivity contribution in [2.75, 3.05) is 66.4 Å². The van der Waals surface area contributed by atoms with Crippen LogP contribution in [0.5, 0.6) is 11.5 Å². The van der Waals surface area contributed by atoms with Gasteiger partial charge in [0.15, 0.2) is 11.5 Å². The van der Waals surface area contributed by atoms with Crippen LogP contribution in [0.3, 0.4) is 0 Å². The number of nitrogens with one attached hydrogen (secondary N) is 1. The lowest BCUT2D eigenvalue weighted by atomic mass is 10.1. The maximum Gasteiger partial charge on any atom is 0.242 e. The number of primary amides is 1. The van der Waals surface area contributed by atoms with Crippen LogP contribution in [-0.4, -0.2) is 110 Å². The van der Waals surface area contributed by atoms with E-state index in [4.69, 9.17) is 19.9 Å². The van der Waals surface area contributed by atoms with E-state index in [0.29, 0.717) is 18.0 Å². The number of rotatable bonds is 17. The molecule has 0 aliphatic carbocycles. The number of aliphatic hydroxyl groups is 1. The average molecular weight is 586 g/mol. The van der Waals surface area contributed by atoms with Gasteiger partial charge in [-0.15, -0.1) is 0 Å². The van der Waals surface area contributed by atoms with E-state index >= 15 is 0 Å². The lowest BCUT2D eigenvalue weighted by molar-refractivity contribution is -0.146. The molecule has 0 aromatic heterocycles. The summed E-state index contributed by atoms with van der Waals surface area (Å²) in [6.07, 6.45) is 0. The van der Waals surface area contributed by atoms with Crippen LogP contribution in [-0.2, 0) is 30.5 Å². The van der Waals surface area contributed by atoms with E-state index in [0.717, 1.165) is 11.1 Å². The topological polar surface area (TPSA) is 164 Å². The Bertz CT molecular complexity index is 1210. The van der Waals surface area contributed by atoms with Gasteiger partial charge in [-0.25, -0.2) is 0 Å². The molecule has 228 valence electrons. The van der Waals surface area contributed by atoms with Crippen LogP contribution < -0.4 is 20.5 Å². The van der Waals surface area contributed by atoms with Crippen LogP contribution in [0.4, 0.5) is 0 Å². The minimum atomic E-state index is -0.707. The fourth-order valence-electron chi connectivity index (χ4n) is 4.42. The number of nitrogens with zero attached hydrogens (tertiary/aromatic N) is 3. The van der Waals surface area contributed by atoms with Gasteiger partial charge in [-0.2, -0.15) is 0 Å². The van der Waals surface area contributed by atoms with Gasteiger partial charge in [0, 0.05) is 26.7 Å². The molecule has 2 aromatic carbocycles. The Labute approximate surface area is 245 Å². The van der Waals surface area contributed by atoms with Gasteiger partial charge in [-0.05, 0) is 30.2 Å². The van der Waals surface area contributed by atoms with E-state index < -0.39 is 36.9 Å². The first-order valence-corrected chi connectivity index (χ1v) is 13.6. The Hall–Kier alpha value is -4.20. The molecule has 1 aliphatic rings. The SMILES string of the molecule is COCCN(CC(N)=O)C(=O)CN(CCO)C(=O)CN(C(=O)CNCc1ccc2c(c1)OCO2)C(C)c1ccccc1. The number of ether oxygens (including phenoxy) is 3. The lowest BCUT2D eigenvalue weighted by Crippen LogP contribution is -2.51. The molecule has 0 saturated heterocycles. The van der Waals surface area contributed by atoms with E-state index in [2.05, 4.69) is 5.32 Å². The summed E-state index contributed by atoms with van der Waals surface area (Å²) >= 11 is 0. The first-order chi connectivity index (χ1) is 20.2. The highest BCUT2D eigenvalue weighted by atomic mass is 16.7. The van der Waals surface area contributed by atoms with Gasteiger partial charge in [0.25, 0.3) is 0 Å². The molecule has 2 aromatic rings. The molecule has 42 heavy (non-hydrogen) atoms. The van der Waals surface area contributed by atoms with E-state index in [1.807, 2.05) is 49.4 Å². The second kappa shape index (κ2) is 16.3. The Kier molecular flexibility index (Phi) is 12.5. The quantitative estimate of drug-likeness (QED) is 0.230. The van der Waals surface area contributed by atoms with E-state index in [-0.39, 0.29) is 52.0 Å². The summed E-state index contributed by atoms with van der Waals surface area (Å²) in [5.74, 6) is -0.797. The number of methoxy groups -OCH3 is 1. The van der Waals surface area contributed by atoms with Crippen molar-refractivity contribution in [1.82, 2.24) is 20.0 Å². The number of nitrogens with two attached hydrogens (primary N) is 1. The number of aliphatic hydroxyl groups excluding tert-OH is 1. The molecule has 0 bridgehead atoms. The number of benzene rings is 2. The molecule has 13 nitrogen and oxygen atoms in total. The third-order valence-corrected chi connectivity index (χ3v) is 6.73. The Morgan fingerprint density at radius 3 is 2.33 bits per heavy atom. The minimum Gasteiger partial charge on any atom is -0.454 e. The largest absolute Gasteiger partial charge is 0.454 e. The molecule has 0 radical (unpaired) electrons. The van der Waals surface area contributed by atoms with Gasteiger partial charge < -0.3 is 45.1 Å². The molecule has 0 saturated carbocycles. The Balaban J connectivity index is 1.71. The maximum absolute atomic E-state index is 13.5. The third-order valence-electron chi connectivity index (χ3n) is 6.73. The smallest absolute Gasteiger partial charge is 0.242 e. The summed E-state index contributed by atoms with van der Waals surface area (Å²) < 4.78 is 15.7. The lowest BCUT2D eigenvalue weighted by Gasteiger charge is -2.32. The predicted molar refractivity (Wildman–Crippen MR) is 152 cm³/mol. The van der Waals surface area contributed by atoms with E-state index in [9.17, 15) is 24.3 Å². The fraction of sp³-hybridized carbons (Fsp3) is 0.448. The molecule has 0 fully saturated rings. The molecule has 3 rings (SSSR count). The van der Waals surface area contributed by atoms with Crippen LogP contribution >= 0.6 is 0 Å². The summed E-state index contributed by atoms with van der Waals surface area (Å²) in [5, 5.41) is 12.7. The minimum absolute atomic E-state index is 0.0543. The second-order valence-corrected chi connectivity index (χ2v) is 9.71. The van der Waals surface area contributed by atoms with Crippen LogP contribution in [0.25, 0.3) is 0 Å². The first kappa shape index (κ1) is 32.3. The predicted octanol–water partition coefficient (Wildman–Crippen LogP) is -0.124. The number of carbonyl (C=O) groups is 4. The number of hydrogen-bond acceptors (Lipinski definition) is 9. The molecule has 4 amide bonds. The molecule has 1 heterocycles. The van der Waals surface area contributed by atoms with Crippen molar-refractivity contribution in [3.8, 4) is 11.5 Å². The van der Waals surface area contributed by atoms with Crippen molar-refractivity contribution < 1.29 is 38.5 Å². The van der Waals surface area contributed by atoms with Crippen molar-refractivity contribution in [3.05, 3.63) is 59.7 Å². The van der Waals surface area contributed by atoms with Gasteiger partial charge in [0.2, 0.25) is 30.4 Å². The average Bonchev–Trinajstić information content (AvgIpc) is 3.45. The Morgan fingerprint density at radius 1 is 0.952 bits per heavy atom.